The van der Waals surface area contributed by atoms with Crippen LogP contribution in [0.25, 0.3) is 0 Å². The van der Waals surface area contributed by atoms with Crippen molar-refractivity contribution < 1.29 is 14.6 Å². The highest BCUT2D eigenvalue weighted by atomic mass is 16.5. The molecular weight excluding hydrogens is 256 g/mol. The molecule has 0 radical (unpaired) electrons. The third kappa shape index (κ3) is 3.41. The Kier molecular flexibility index (Phi) is 5.20. The summed E-state index contributed by atoms with van der Waals surface area (Å²) in [4.78, 5) is 13.6. The molecule has 1 N–H and O–H groups in total. The lowest BCUT2D eigenvalue weighted by Crippen LogP contribution is -2.42. The molecule has 20 heavy (non-hydrogen) atoms. The van der Waals surface area contributed by atoms with E-state index in [-0.39, 0.29) is 0 Å². The molecule has 0 amide bonds. The van der Waals surface area contributed by atoms with Crippen LogP contribution in [0.3, 0.4) is 0 Å². The van der Waals surface area contributed by atoms with Gasteiger partial charge in [0.2, 0.25) is 0 Å². The number of carboxylic acids is 1. The zero-order valence-electron chi connectivity index (χ0n) is 12.3. The van der Waals surface area contributed by atoms with Gasteiger partial charge in [0.05, 0.1) is 6.61 Å². The van der Waals surface area contributed by atoms with Crippen LogP contribution in [-0.2, 0) is 4.74 Å². The first-order valence-corrected chi connectivity index (χ1v) is 7.35. The van der Waals surface area contributed by atoms with E-state index in [1.807, 2.05) is 23.8 Å². The van der Waals surface area contributed by atoms with Crippen molar-refractivity contribution in [2.75, 3.05) is 26.3 Å². The average Bonchev–Trinajstić information content (AvgIpc) is 2.94. The smallest absolute Gasteiger partial charge is 0.352 e. The molecule has 0 aliphatic carbocycles. The molecule has 0 spiro atoms. The van der Waals surface area contributed by atoms with Crippen molar-refractivity contribution in [3.63, 3.8) is 0 Å². The van der Waals surface area contributed by atoms with E-state index in [0.717, 1.165) is 39.1 Å². The van der Waals surface area contributed by atoms with E-state index in [2.05, 4.69) is 11.8 Å². The van der Waals surface area contributed by atoms with Gasteiger partial charge in [-0.1, -0.05) is 0 Å². The minimum Gasteiger partial charge on any atom is -0.477 e. The molecule has 1 saturated heterocycles. The number of hydrogen-bond acceptors (Lipinski definition) is 3. The number of rotatable bonds is 6. The van der Waals surface area contributed by atoms with Crippen LogP contribution < -0.4 is 0 Å². The van der Waals surface area contributed by atoms with Crippen LogP contribution in [-0.4, -0.2) is 52.9 Å². The van der Waals surface area contributed by atoms with Crippen LogP contribution >= 0.6 is 0 Å². The first kappa shape index (κ1) is 15.1. The van der Waals surface area contributed by atoms with Gasteiger partial charge in [0.25, 0.3) is 0 Å². The molecule has 0 saturated carbocycles. The maximum atomic E-state index is 11.2. The fourth-order valence-corrected chi connectivity index (χ4v) is 2.89. The van der Waals surface area contributed by atoms with Crippen LogP contribution in [0.15, 0.2) is 18.3 Å². The number of piperidine rings is 1. The van der Waals surface area contributed by atoms with Gasteiger partial charge in [-0.3, -0.25) is 4.90 Å². The largest absolute Gasteiger partial charge is 0.477 e. The van der Waals surface area contributed by atoms with E-state index in [1.54, 1.807) is 6.07 Å². The average molecular weight is 280 g/mol. The van der Waals surface area contributed by atoms with Gasteiger partial charge in [0.1, 0.15) is 5.69 Å². The summed E-state index contributed by atoms with van der Waals surface area (Å²) >= 11 is 0. The second-order valence-electron chi connectivity index (χ2n) is 5.38. The van der Waals surface area contributed by atoms with E-state index in [9.17, 15) is 9.90 Å². The summed E-state index contributed by atoms with van der Waals surface area (Å²) in [5.41, 5.74) is 0.394. The molecule has 1 atom stereocenters. The Bertz CT molecular complexity index is 436. The van der Waals surface area contributed by atoms with Crippen LogP contribution in [0.2, 0.25) is 0 Å². The third-order valence-corrected chi connectivity index (χ3v) is 4.08. The highest BCUT2D eigenvalue weighted by Crippen LogP contribution is 2.25. The lowest BCUT2D eigenvalue weighted by Gasteiger charge is -2.36. The maximum Gasteiger partial charge on any atom is 0.352 e. The minimum absolute atomic E-state index is 0.298. The molecule has 112 valence electrons. The summed E-state index contributed by atoms with van der Waals surface area (Å²) < 4.78 is 7.38. The highest BCUT2D eigenvalue weighted by molar-refractivity contribution is 5.85. The van der Waals surface area contributed by atoms with Crippen molar-refractivity contribution in [1.82, 2.24) is 9.47 Å². The van der Waals surface area contributed by atoms with E-state index >= 15 is 0 Å². The molecule has 1 fully saturated rings. The molecule has 2 rings (SSSR count). The van der Waals surface area contributed by atoms with Gasteiger partial charge in [0.15, 0.2) is 0 Å². The lowest BCUT2D eigenvalue weighted by atomic mass is 10.0. The van der Waals surface area contributed by atoms with Crippen LogP contribution in [0.5, 0.6) is 0 Å². The molecule has 1 aliphatic rings. The zero-order chi connectivity index (χ0) is 14.5. The number of carboxylic acid groups (broad SMARTS) is 1. The molecule has 0 aromatic carbocycles. The standard InChI is InChI=1S/C15H24N2O3/c1-3-20-11-12(2)16-9-6-13(7-10-16)17-8-4-5-14(17)15(18)19/h4-5,8,12-13H,3,6-7,9-11H2,1-2H3,(H,18,19). The van der Waals surface area contributed by atoms with Crippen molar-refractivity contribution in [2.45, 2.75) is 38.8 Å². The number of aromatic carboxylic acids is 1. The normalized spacial score (nSPS) is 19.1. The van der Waals surface area contributed by atoms with Gasteiger partial charge in [-0.2, -0.15) is 0 Å². The molecule has 1 aromatic rings. The molecule has 1 unspecified atom stereocenters. The molecule has 5 heteroatoms. The molecule has 1 aromatic heterocycles. The predicted octanol–water partition coefficient (Wildman–Crippen LogP) is 2.25. The fourth-order valence-electron chi connectivity index (χ4n) is 2.89. The first-order valence-electron chi connectivity index (χ1n) is 7.35. The maximum absolute atomic E-state index is 11.2. The van der Waals surface area contributed by atoms with Gasteiger partial charge >= 0.3 is 5.97 Å². The van der Waals surface area contributed by atoms with Crippen molar-refractivity contribution in [1.29, 1.82) is 0 Å². The SMILES string of the molecule is CCOCC(C)N1CCC(n2cccc2C(=O)O)CC1. The van der Waals surface area contributed by atoms with Crippen molar-refractivity contribution in [2.24, 2.45) is 0 Å². The van der Waals surface area contributed by atoms with Crippen LogP contribution in [0.4, 0.5) is 0 Å². The Morgan fingerprint density at radius 3 is 2.80 bits per heavy atom. The summed E-state index contributed by atoms with van der Waals surface area (Å²) in [6.07, 6.45) is 3.87. The third-order valence-electron chi connectivity index (χ3n) is 4.08. The van der Waals surface area contributed by atoms with E-state index in [0.29, 0.717) is 17.8 Å². The second kappa shape index (κ2) is 6.90. The fraction of sp³-hybridized carbons (Fsp3) is 0.667. The lowest BCUT2D eigenvalue weighted by molar-refractivity contribution is 0.0544. The number of ether oxygens (including phenoxy) is 1. The summed E-state index contributed by atoms with van der Waals surface area (Å²) in [6.45, 7) is 7.72. The summed E-state index contributed by atoms with van der Waals surface area (Å²) in [7, 11) is 0. The van der Waals surface area contributed by atoms with Gasteiger partial charge in [-0.25, -0.2) is 4.79 Å². The summed E-state index contributed by atoms with van der Waals surface area (Å²) in [5.74, 6) is -0.845. The number of aromatic nitrogens is 1. The molecular formula is C15H24N2O3. The first-order chi connectivity index (χ1) is 9.63. The molecule has 5 nitrogen and oxygen atoms in total. The van der Waals surface area contributed by atoms with E-state index in [4.69, 9.17) is 4.74 Å². The Balaban J connectivity index is 1.91. The number of carbonyl (C=O) groups is 1. The van der Waals surface area contributed by atoms with Gasteiger partial charge < -0.3 is 14.4 Å². The second-order valence-corrected chi connectivity index (χ2v) is 5.38. The topological polar surface area (TPSA) is 54.7 Å². The van der Waals surface area contributed by atoms with E-state index in [1.165, 1.54) is 0 Å². The minimum atomic E-state index is -0.845. The molecule has 0 bridgehead atoms. The monoisotopic (exact) mass is 280 g/mol. The van der Waals surface area contributed by atoms with Gasteiger partial charge in [0, 0.05) is 38.0 Å². The van der Waals surface area contributed by atoms with Crippen molar-refractivity contribution in [3.8, 4) is 0 Å². The summed E-state index contributed by atoms with van der Waals surface area (Å²) in [5, 5.41) is 9.17. The predicted molar refractivity (Wildman–Crippen MR) is 77.2 cm³/mol. The van der Waals surface area contributed by atoms with Gasteiger partial charge in [-0.15, -0.1) is 0 Å². The van der Waals surface area contributed by atoms with Crippen molar-refractivity contribution >= 4 is 5.97 Å². The Morgan fingerprint density at radius 2 is 2.20 bits per heavy atom. The van der Waals surface area contributed by atoms with Crippen LogP contribution in [0, 0.1) is 0 Å². The number of likely N-dealkylation sites (tertiary alicyclic amines) is 1. The summed E-state index contributed by atoms with van der Waals surface area (Å²) in [6, 6.07) is 4.21. The Hall–Kier alpha value is -1.33. The quantitative estimate of drug-likeness (QED) is 0.868. The van der Waals surface area contributed by atoms with E-state index < -0.39 is 5.97 Å². The number of hydrogen-bond donors (Lipinski definition) is 1. The van der Waals surface area contributed by atoms with Gasteiger partial charge in [-0.05, 0) is 38.8 Å². The molecule has 2 heterocycles. The van der Waals surface area contributed by atoms with Crippen LogP contribution in [0.1, 0.15) is 43.2 Å². The highest BCUT2D eigenvalue weighted by Gasteiger charge is 2.25. The Morgan fingerprint density at radius 1 is 1.50 bits per heavy atom. The zero-order valence-corrected chi connectivity index (χ0v) is 12.3. The van der Waals surface area contributed by atoms with Crippen molar-refractivity contribution in [3.05, 3.63) is 24.0 Å². The number of nitrogens with zero attached hydrogens (tertiary/aromatic N) is 2. The molecule has 1 aliphatic heterocycles. The Labute approximate surface area is 120 Å².